The zero-order valence-electron chi connectivity index (χ0n) is 8.72. The molecule has 0 spiro atoms. The van der Waals surface area contributed by atoms with Crippen LogP contribution in [0.5, 0.6) is 0 Å². The molecule has 14 heavy (non-hydrogen) atoms. The second-order valence-corrected chi connectivity index (χ2v) is 4.62. The fourth-order valence-corrected chi connectivity index (χ4v) is 2.06. The van der Waals surface area contributed by atoms with Gasteiger partial charge in [-0.25, -0.2) is 0 Å². The minimum absolute atomic E-state index is 0.178. The molecule has 0 saturated heterocycles. The van der Waals surface area contributed by atoms with Gasteiger partial charge in [0.15, 0.2) is 0 Å². The minimum Gasteiger partial charge on any atom is -0.352 e. The molecule has 0 radical (unpaired) electrons. The maximum absolute atomic E-state index is 11.4. The number of nitrogens with one attached hydrogen (secondary N) is 2. The molecule has 80 valence electrons. The lowest BCUT2D eigenvalue weighted by atomic mass is 10.2. The van der Waals surface area contributed by atoms with Crippen LogP contribution in [-0.2, 0) is 4.79 Å². The van der Waals surface area contributed by atoms with Crippen LogP contribution in [0.25, 0.3) is 0 Å². The Morgan fingerprint density at radius 3 is 2.50 bits per heavy atom. The van der Waals surface area contributed by atoms with E-state index in [0.29, 0.717) is 12.6 Å². The van der Waals surface area contributed by atoms with Crippen LogP contribution in [-0.4, -0.2) is 25.0 Å². The third kappa shape index (κ3) is 3.29. The highest BCUT2D eigenvalue weighted by Crippen LogP contribution is 2.27. The van der Waals surface area contributed by atoms with E-state index in [4.69, 9.17) is 0 Å². The summed E-state index contributed by atoms with van der Waals surface area (Å²) in [4.78, 5) is 11.4. The van der Waals surface area contributed by atoms with Gasteiger partial charge in [0.05, 0.1) is 6.54 Å². The van der Waals surface area contributed by atoms with Gasteiger partial charge < -0.3 is 10.6 Å². The van der Waals surface area contributed by atoms with Gasteiger partial charge in [0.25, 0.3) is 0 Å². The van der Waals surface area contributed by atoms with E-state index in [1.807, 2.05) is 0 Å². The highest BCUT2D eigenvalue weighted by molar-refractivity contribution is 5.78. The van der Waals surface area contributed by atoms with Crippen LogP contribution in [0.15, 0.2) is 0 Å². The summed E-state index contributed by atoms with van der Waals surface area (Å²) in [6.45, 7) is 1.53. The van der Waals surface area contributed by atoms with Gasteiger partial charge in [0.1, 0.15) is 0 Å². The molecule has 0 unspecified atom stereocenters. The van der Waals surface area contributed by atoms with Crippen molar-refractivity contribution in [3.8, 4) is 0 Å². The summed E-state index contributed by atoms with van der Waals surface area (Å²) in [5, 5.41) is 6.28. The quantitative estimate of drug-likeness (QED) is 0.690. The van der Waals surface area contributed by atoms with Crippen molar-refractivity contribution < 1.29 is 4.79 Å². The van der Waals surface area contributed by atoms with Crippen molar-refractivity contribution in [2.24, 2.45) is 5.92 Å². The molecule has 2 saturated carbocycles. The Bertz CT molecular complexity index is 195. The van der Waals surface area contributed by atoms with E-state index in [0.717, 1.165) is 12.5 Å². The molecule has 0 aromatic heterocycles. The first kappa shape index (κ1) is 9.97. The van der Waals surface area contributed by atoms with Gasteiger partial charge >= 0.3 is 0 Å². The Labute approximate surface area is 85.6 Å². The Morgan fingerprint density at radius 2 is 1.86 bits per heavy atom. The first-order valence-electron chi connectivity index (χ1n) is 5.84. The molecular weight excluding hydrogens is 176 g/mol. The van der Waals surface area contributed by atoms with Crippen molar-refractivity contribution in [2.45, 2.75) is 44.6 Å². The average Bonchev–Trinajstić information content (AvgIpc) is 2.83. The molecule has 0 aliphatic heterocycles. The molecule has 3 nitrogen and oxygen atoms in total. The molecule has 2 rings (SSSR count). The summed E-state index contributed by atoms with van der Waals surface area (Å²) in [7, 11) is 0. The number of carbonyl (C=O) groups is 1. The Morgan fingerprint density at radius 1 is 1.14 bits per heavy atom. The van der Waals surface area contributed by atoms with E-state index in [-0.39, 0.29) is 5.91 Å². The molecule has 0 heterocycles. The fraction of sp³-hybridized carbons (Fsp3) is 0.909. The zero-order valence-corrected chi connectivity index (χ0v) is 8.72. The van der Waals surface area contributed by atoms with E-state index >= 15 is 0 Å². The second kappa shape index (κ2) is 4.78. The monoisotopic (exact) mass is 196 g/mol. The van der Waals surface area contributed by atoms with E-state index < -0.39 is 0 Å². The summed E-state index contributed by atoms with van der Waals surface area (Å²) in [5.41, 5.74) is 0. The largest absolute Gasteiger partial charge is 0.352 e. The lowest BCUT2D eigenvalue weighted by molar-refractivity contribution is -0.120. The lowest BCUT2D eigenvalue weighted by Gasteiger charge is -2.11. The number of amides is 1. The number of hydrogen-bond acceptors (Lipinski definition) is 2. The molecule has 0 aromatic carbocycles. The first-order chi connectivity index (χ1) is 6.84. The van der Waals surface area contributed by atoms with Crippen LogP contribution >= 0.6 is 0 Å². The zero-order chi connectivity index (χ0) is 9.80. The van der Waals surface area contributed by atoms with Crippen LogP contribution in [0.4, 0.5) is 0 Å². The van der Waals surface area contributed by atoms with Crippen LogP contribution in [0.2, 0.25) is 0 Å². The molecule has 2 N–H and O–H groups in total. The molecule has 0 bridgehead atoms. The smallest absolute Gasteiger partial charge is 0.234 e. The Kier molecular flexibility index (Phi) is 3.40. The number of hydrogen-bond donors (Lipinski definition) is 2. The molecule has 0 aromatic rings. The van der Waals surface area contributed by atoms with Crippen LogP contribution in [0.3, 0.4) is 0 Å². The Balaban J connectivity index is 1.53. The minimum atomic E-state index is 0.178. The second-order valence-electron chi connectivity index (χ2n) is 4.62. The molecule has 1 amide bonds. The van der Waals surface area contributed by atoms with Gasteiger partial charge in [0.2, 0.25) is 5.91 Å². The maximum Gasteiger partial charge on any atom is 0.234 e. The molecule has 2 aliphatic rings. The van der Waals surface area contributed by atoms with Crippen LogP contribution in [0, 0.1) is 5.92 Å². The average molecular weight is 196 g/mol. The highest BCUT2D eigenvalue weighted by Gasteiger charge is 2.21. The van der Waals surface area contributed by atoms with Gasteiger partial charge in [-0.1, -0.05) is 12.8 Å². The van der Waals surface area contributed by atoms with E-state index in [1.54, 1.807) is 0 Å². The molecule has 3 heteroatoms. The van der Waals surface area contributed by atoms with Gasteiger partial charge in [-0.3, -0.25) is 4.79 Å². The standard InChI is InChI=1S/C11H20N2O/c14-11(8-12-7-9-5-6-9)13-10-3-1-2-4-10/h9-10,12H,1-8H2,(H,13,14). The van der Waals surface area contributed by atoms with Crippen molar-refractivity contribution in [2.75, 3.05) is 13.1 Å². The number of carbonyl (C=O) groups excluding carboxylic acids is 1. The van der Waals surface area contributed by atoms with Gasteiger partial charge in [0, 0.05) is 6.04 Å². The topological polar surface area (TPSA) is 41.1 Å². The fourth-order valence-electron chi connectivity index (χ4n) is 2.06. The summed E-state index contributed by atoms with van der Waals surface area (Å²) in [5.74, 6) is 1.03. The summed E-state index contributed by atoms with van der Waals surface area (Å²) < 4.78 is 0. The summed E-state index contributed by atoms with van der Waals surface area (Å²) in [6, 6.07) is 0.463. The number of rotatable bonds is 5. The van der Waals surface area contributed by atoms with Crippen molar-refractivity contribution >= 4 is 5.91 Å². The normalized spacial score (nSPS) is 22.6. The summed E-state index contributed by atoms with van der Waals surface area (Å²) >= 11 is 0. The SMILES string of the molecule is O=C(CNCC1CC1)NC1CCCC1. The van der Waals surface area contributed by atoms with Crippen molar-refractivity contribution in [3.05, 3.63) is 0 Å². The first-order valence-corrected chi connectivity index (χ1v) is 5.84. The van der Waals surface area contributed by atoms with Crippen molar-refractivity contribution in [3.63, 3.8) is 0 Å². The van der Waals surface area contributed by atoms with E-state index in [1.165, 1.54) is 38.5 Å². The van der Waals surface area contributed by atoms with Gasteiger partial charge in [-0.05, 0) is 38.1 Å². The van der Waals surface area contributed by atoms with Crippen molar-refractivity contribution in [1.82, 2.24) is 10.6 Å². The third-order valence-corrected chi connectivity index (χ3v) is 3.14. The third-order valence-electron chi connectivity index (χ3n) is 3.14. The molecule has 0 atom stereocenters. The van der Waals surface area contributed by atoms with Gasteiger partial charge in [-0.2, -0.15) is 0 Å². The maximum atomic E-state index is 11.4. The highest BCUT2D eigenvalue weighted by atomic mass is 16.1. The molecular formula is C11H20N2O. The molecule has 2 fully saturated rings. The lowest BCUT2D eigenvalue weighted by Crippen LogP contribution is -2.39. The van der Waals surface area contributed by atoms with Gasteiger partial charge in [-0.15, -0.1) is 0 Å². The van der Waals surface area contributed by atoms with Crippen molar-refractivity contribution in [1.29, 1.82) is 0 Å². The molecule has 2 aliphatic carbocycles. The van der Waals surface area contributed by atoms with E-state index in [2.05, 4.69) is 10.6 Å². The van der Waals surface area contributed by atoms with Crippen LogP contribution < -0.4 is 10.6 Å². The summed E-state index contributed by atoms with van der Waals surface area (Å²) in [6.07, 6.45) is 7.60. The van der Waals surface area contributed by atoms with Crippen LogP contribution in [0.1, 0.15) is 38.5 Å². The predicted octanol–water partition coefficient (Wildman–Crippen LogP) is 1.04. The van der Waals surface area contributed by atoms with E-state index in [9.17, 15) is 4.79 Å². The Hall–Kier alpha value is -0.570. The predicted molar refractivity (Wildman–Crippen MR) is 56.0 cm³/mol.